The maximum atomic E-state index is 12.4. The van der Waals surface area contributed by atoms with Gasteiger partial charge < -0.3 is 25.6 Å². The van der Waals surface area contributed by atoms with Gasteiger partial charge in [0.1, 0.15) is 5.82 Å². The van der Waals surface area contributed by atoms with Gasteiger partial charge in [0.25, 0.3) is 0 Å². The minimum absolute atomic E-state index is 0.0301. The Labute approximate surface area is 176 Å². The molecular formula is C20H30N8O2. The minimum Gasteiger partial charge on any atom is -0.378 e. The molecule has 4 rings (SSSR count). The van der Waals surface area contributed by atoms with Crippen LogP contribution in [0.5, 0.6) is 0 Å². The molecule has 2 amide bonds. The molecule has 3 heterocycles. The van der Waals surface area contributed by atoms with Gasteiger partial charge in [-0.1, -0.05) is 0 Å². The third-order valence-corrected chi connectivity index (χ3v) is 5.79. The van der Waals surface area contributed by atoms with Crippen LogP contribution < -0.4 is 16.0 Å². The van der Waals surface area contributed by atoms with Gasteiger partial charge in [0, 0.05) is 45.5 Å². The number of hydrogen-bond acceptors (Lipinski definition) is 7. The first-order valence-corrected chi connectivity index (χ1v) is 10.6. The van der Waals surface area contributed by atoms with E-state index in [4.69, 9.17) is 4.74 Å². The average molecular weight is 415 g/mol. The maximum Gasteiger partial charge on any atom is 0.317 e. The number of morpholine rings is 1. The maximum absolute atomic E-state index is 12.4. The number of nitrogens with zero attached hydrogens (tertiary/aromatic N) is 5. The Kier molecular flexibility index (Phi) is 6.32. The first-order chi connectivity index (χ1) is 14.6. The molecule has 0 atom stereocenters. The molecule has 10 heteroatoms. The van der Waals surface area contributed by atoms with E-state index in [1.807, 2.05) is 25.1 Å². The van der Waals surface area contributed by atoms with E-state index in [2.05, 4.69) is 31.0 Å². The molecule has 1 aliphatic carbocycles. The lowest BCUT2D eigenvalue weighted by atomic mass is 9.91. The van der Waals surface area contributed by atoms with Crippen molar-refractivity contribution in [2.75, 3.05) is 44.0 Å². The summed E-state index contributed by atoms with van der Waals surface area (Å²) in [6, 6.07) is 2.44. The Morgan fingerprint density at radius 1 is 1.17 bits per heavy atom. The zero-order valence-electron chi connectivity index (χ0n) is 17.6. The van der Waals surface area contributed by atoms with E-state index in [1.165, 1.54) is 0 Å². The summed E-state index contributed by atoms with van der Waals surface area (Å²) in [7, 11) is 3.77. The van der Waals surface area contributed by atoms with Crippen molar-refractivity contribution >= 4 is 17.8 Å². The van der Waals surface area contributed by atoms with Crippen LogP contribution >= 0.6 is 0 Å². The van der Waals surface area contributed by atoms with Crippen molar-refractivity contribution in [1.29, 1.82) is 0 Å². The molecule has 0 spiro atoms. The lowest BCUT2D eigenvalue weighted by molar-refractivity contribution is 0.0521. The Morgan fingerprint density at radius 2 is 1.90 bits per heavy atom. The fraction of sp³-hybridized carbons (Fsp3) is 0.600. The van der Waals surface area contributed by atoms with E-state index in [9.17, 15) is 4.79 Å². The quantitative estimate of drug-likeness (QED) is 0.683. The van der Waals surface area contributed by atoms with E-state index < -0.39 is 0 Å². The summed E-state index contributed by atoms with van der Waals surface area (Å²) in [5, 5.41) is 14.1. The van der Waals surface area contributed by atoms with Crippen LogP contribution in [-0.4, -0.2) is 76.1 Å². The van der Waals surface area contributed by atoms with Crippen LogP contribution in [0.25, 0.3) is 11.3 Å². The number of carbonyl (C=O) groups is 1. The van der Waals surface area contributed by atoms with Gasteiger partial charge in [-0.2, -0.15) is 5.10 Å². The molecule has 2 aromatic rings. The van der Waals surface area contributed by atoms with Gasteiger partial charge in [0.15, 0.2) is 0 Å². The van der Waals surface area contributed by atoms with Gasteiger partial charge in [-0.25, -0.2) is 14.8 Å². The van der Waals surface area contributed by atoms with Crippen molar-refractivity contribution in [2.45, 2.75) is 37.8 Å². The van der Waals surface area contributed by atoms with Gasteiger partial charge >= 0.3 is 6.03 Å². The van der Waals surface area contributed by atoms with Crippen molar-refractivity contribution in [1.82, 2.24) is 30.0 Å². The SMILES string of the molecule is CNc1c(-c2ccnc(NC3CCC(NC(=O)N4CCOCC4)CC3)n2)cnn1C. The number of anilines is 2. The van der Waals surface area contributed by atoms with Crippen LogP contribution in [0, 0.1) is 0 Å². The Bertz CT molecular complexity index is 856. The largest absolute Gasteiger partial charge is 0.378 e. The molecule has 30 heavy (non-hydrogen) atoms. The number of carbonyl (C=O) groups excluding carboxylic acids is 1. The highest BCUT2D eigenvalue weighted by Gasteiger charge is 2.25. The number of ether oxygens (including phenoxy) is 1. The molecule has 0 unspecified atom stereocenters. The van der Waals surface area contributed by atoms with Crippen molar-refractivity contribution < 1.29 is 9.53 Å². The average Bonchev–Trinajstić information content (AvgIpc) is 3.16. The number of amides is 2. The highest BCUT2D eigenvalue weighted by Crippen LogP contribution is 2.27. The summed E-state index contributed by atoms with van der Waals surface area (Å²) < 4.78 is 7.10. The highest BCUT2D eigenvalue weighted by molar-refractivity contribution is 5.74. The third-order valence-electron chi connectivity index (χ3n) is 5.79. The predicted octanol–water partition coefficient (Wildman–Crippen LogP) is 1.68. The lowest BCUT2D eigenvalue weighted by Gasteiger charge is -2.33. The molecule has 0 aromatic carbocycles. The normalized spacial score (nSPS) is 21.9. The molecule has 2 aliphatic rings. The summed E-state index contributed by atoms with van der Waals surface area (Å²) in [6.07, 6.45) is 7.40. The Hall–Kier alpha value is -2.88. The molecule has 162 valence electrons. The summed E-state index contributed by atoms with van der Waals surface area (Å²) >= 11 is 0. The van der Waals surface area contributed by atoms with Gasteiger partial charge in [-0.3, -0.25) is 4.68 Å². The van der Waals surface area contributed by atoms with E-state index in [0.29, 0.717) is 38.3 Å². The molecule has 3 N–H and O–H groups in total. The van der Waals surface area contributed by atoms with Crippen molar-refractivity contribution in [2.24, 2.45) is 7.05 Å². The topological polar surface area (TPSA) is 109 Å². The fourth-order valence-corrected chi connectivity index (χ4v) is 4.10. The summed E-state index contributed by atoms with van der Waals surface area (Å²) in [4.78, 5) is 23.3. The van der Waals surface area contributed by atoms with Gasteiger partial charge in [-0.15, -0.1) is 0 Å². The van der Waals surface area contributed by atoms with Crippen LogP contribution in [0.4, 0.5) is 16.6 Å². The second kappa shape index (κ2) is 9.29. The molecule has 0 radical (unpaired) electrons. The van der Waals surface area contributed by atoms with Crippen LogP contribution in [0.3, 0.4) is 0 Å². The number of nitrogens with one attached hydrogen (secondary N) is 3. The standard InChI is InChI=1S/C20H30N8O2/c1-21-18-16(13-23-27(18)2)17-7-8-22-19(26-17)24-14-3-5-15(6-4-14)25-20(29)28-9-11-30-12-10-28/h7-8,13-15,21H,3-6,9-12H2,1-2H3,(H,25,29)(H,22,24,26). The van der Waals surface area contributed by atoms with Crippen LogP contribution in [0.15, 0.2) is 18.5 Å². The van der Waals surface area contributed by atoms with Crippen molar-refractivity contribution in [3.05, 3.63) is 18.5 Å². The van der Waals surface area contributed by atoms with Crippen LogP contribution in [0.1, 0.15) is 25.7 Å². The van der Waals surface area contributed by atoms with E-state index in [0.717, 1.165) is 42.8 Å². The van der Waals surface area contributed by atoms with E-state index >= 15 is 0 Å². The summed E-state index contributed by atoms with van der Waals surface area (Å²) in [5.74, 6) is 1.54. The molecule has 0 bridgehead atoms. The molecule has 1 saturated heterocycles. The predicted molar refractivity (Wildman–Crippen MR) is 114 cm³/mol. The highest BCUT2D eigenvalue weighted by atomic mass is 16.5. The van der Waals surface area contributed by atoms with Gasteiger partial charge in [0.05, 0.1) is 30.7 Å². The van der Waals surface area contributed by atoms with Gasteiger partial charge in [0.2, 0.25) is 5.95 Å². The molecule has 1 aliphatic heterocycles. The number of rotatable bonds is 5. The summed E-state index contributed by atoms with van der Waals surface area (Å²) in [6.45, 7) is 2.58. The smallest absolute Gasteiger partial charge is 0.317 e. The Balaban J connectivity index is 1.30. The molecular weight excluding hydrogens is 384 g/mol. The molecule has 1 saturated carbocycles. The molecule has 10 nitrogen and oxygen atoms in total. The minimum atomic E-state index is 0.0301. The Morgan fingerprint density at radius 3 is 2.63 bits per heavy atom. The zero-order valence-corrected chi connectivity index (χ0v) is 17.6. The monoisotopic (exact) mass is 414 g/mol. The lowest BCUT2D eigenvalue weighted by Crippen LogP contribution is -2.50. The summed E-state index contributed by atoms with van der Waals surface area (Å²) in [5.41, 5.74) is 1.77. The first-order valence-electron chi connectivity index (χ1n) is 10.6. The van der Waals surface area contributed by atoms with Crippen LogP contribution in [0.2, 0.25) is 0 Å². The van der Waals surface area contributed by atoms with Crippen LogP contribution in [-0.2, 0) is 11.8 Å². The number of hydrogen-bond donors (Lipinski definition) is 3. The number of urea groups is 1. The third kappa shape index (κ3) is 4.64. The van der Waals surface area contributed by atoms with E-state index in [1.54, 1.807) is 17.1 Å². The van der Waals surface area contributed by atoms with Crippen molar-refractivity contribution in [3.63, 3.8) is 0 Å². The second-order valence-electron chi connectivity index (χ2n) is 7.79. The van der Waals surface area contributed by atoms with Crippen molar-refractivity contribution in [3.8, 4) is 11.3 Å². The van der Waals surface area contributed by atoms with E-state index in [-0.39, 0.29) is 12.1 Å². The zero-order chi connectivity index (χ0) is 20.9. The second-order valence-corrected chi connectivity index (χ2v) is 7.79. The molecule has 2 aromatic heterocycles. The van der Waals surface area contributed by atoms with Gasteiger partial charge in [-0.05, 0) is 31.7 Å². The molecule has 2 fully saturated rings. The number of aryl methyl sites for hydroxylation is 1. The first kappa shape index (κ1) is 20.4. The number of aromatic nitrogens is 4. The fourth-order valence-electron chi connectivity index (χ4n) is 4.10.